The highest BCUT2D eigenvalue weighted by molar-refractivity contribution is 6.12. The van der Waals surface area contributed by atoms with Gasteiger partial charge in [0.1, 0.15) is 17.1 Å². The predicted octanol–water partition coefficient (Wildman–Crippen LogP) is 5.67. The second-order valence-electron chi connectivity index (χ2n) is 7.96. The lowest BCUT2D eigenvalue weighted by Crippen LogP contribution is -2.14. The van der Waals surface area contributed by atoms with Crippen LogP contribution in [0.15, 0.2) is 26.9 Å². The maximum atomic E-state index is 13.1. The third kappa shape index (κ3) is 4.89. The molecule has 0 bridgehead atoms. The highest BCUT2D eigenvalue weighted by Gasteiger charge is 2.28. The first kappa shape index (κ1) is 22.7. The Morgan fingerprint density at radius 2 is 1.86 bits per heavy atom. The molecule has 1 aromatic heterocycles. The van der Waals surface area contributed by atoms with Gasteiger partial charge in [0.25, 0.3) is 0 Å². The van der Waals surface area contributed by atoms with Gasteiger partial charge < -0.3 is 14.6 Å². The van der Waals surface area contributed by atoms with E-state index in [0.717, 1.165) is 24.8 Å². The zero-order chi connectivity index (χ0) is 21.7. The van der Waals surface area contributed by atoms with Gasteiger partial charge in [-0.05, 0) is 45.1 Å². The lowest BCUT2D eigenvalue weighted by Gasteiger charge is -2.17. The third-order valence-corrected chi connectivity index (χ3v) is 5.39. The fraction of sp³-hybridized carbons (Fsp3) is 0.500. The van der Waals surface area contributed by atoms with E-state index in [4.69, 9.17) is 4.42 Å². The van der Waals surface area contributed by atoms with E-state index in [9.17, 15) is 19.8 Å². The molecule has 2 aromatic rings. The Morgan fingerprint density at radius 1 is 1.17 bits per heavy atom. The molecule has 1 heterocycles. The Labute approximate surface area is 172 Å². The van der Waals surface area contributed by atoms with Crippen LogP contribution in [-0.2, 0) is 12.8 Å². The highest BCUT2D eigenvalue weighted by Crippen LogP contribution is 2.42. The molecule has 1 atom stereocenters. The number of hydrogen-bond acceptors (Lipinski definition) is 5. The first-order valence-electron chi connectivity index (χ1n) is 10.4. The molecular weight excluding hydrogens is 368 g/mol. The van der Waals surface area contributed by atoms with E-state index in [0.29, 0.717) is 23.8 Å². The summed E-state index contributed by atoms with van der Waals surface area (Å²) in [6, 6.07) is 1.39. The van der Waals surface area contributed by atoms with Crippen molar-refractivity contribution >= 4 is 16.8 Å². The number of Topliss-reactive ketones (excluding diaryl/α,β-unsaturated/α-hetero) is 1. The summed E-state index contributed by atoms with van der Waals surface area (Å²) in [5.41, 5.74) is 1.37. The topological polar surface area (TPSA) is 87.7 Å². The van der Waals surface area contributed by atoms with E-state index in [-0.39, 0.29) is 46.3 Å². The molecule has 0 unspecified atom stereocenters. The van der Waals surface area contributed by atoms with Gasteiger partial charge in [0.15, 0.2) is 11.4 Å². The Bertz CT molecular complexity index is 977. The first-order valence-corrected chi connectivity index (χ1v) is 10.4. The molecule has 2 N–H and O–H groups in total. The van der Waals surface area contributed by atoms with Crippen LogP contribution in [0.3, 0.4) is 0 Å². The van der Waals surface area contributed by atoms with Crippen molar-refractivity contribution in [2.24, 2.45) is 5.92 Å². The number of aryl methyl sites for hydroxylation is 1. The molecular formula is C24H32O5. The van der Waals surface area contributed by atoms with Crippen LogP contribution in [0.4, 0.5) is 0 Å². The Kier molecular flexibility index (Phi) is 7.66. The van der Waals surface area contributed by atoms with Crippen LogP contribution in [0.5, 0.6) is 11.5 Å². The van der Waals surface area contributed by atoms with Crippen molar-refractivity contribution in [2.45, 2.75) is 73.1 Å². The summed E-state index contributed by atoms with van der Waals surface area (Å²) < 4.78 is 5.39. The zero-order valence-electron chi connectivity index (χ0n) is 18.1. The summed E-state index contributed by atoms with van der Waals surface area (Å²) in [6.45, 7) is 9.61. The van der Waals surface area contributed by atoms with Crippen LogP contribution in [-0.4, -0.2) is 16.0 Å². The molecule has 1 aromatic carbocycles. The number of fused-ring (bicyclic) bond motifs is 1. The fourth-order valence-corrected chi connectivity index (χ4v) is 3.42. The molecule has 0 aliphatic rings. The molecule has 2 rings (SSSR count). The molecule has 5 nitrogen and oxygen atoms in total. The summed E-state index contributed by atoms with van der Waals surface area (Å²) in [6.07, 6.45) is 6.21. The highest BCUT2D eigenvalue weighted by atomic mass is 16.4. The predicted molar refractivity (Wildman–Crippen MR) is 116 cm³/mol. The minimum absolute atomic E-state index is 0.00116. The van der Waals surface area contributed by atoms with Crippen LogP contribution >= 0.6 is 0 Å². The summed E-state index contributed by atoms with van der Waals surface area (Å²) in [7, 11) is 0. The SMILES string of the molecule is CCCCCc1cc(=O)oc2c(C(=O)[C@@H](C)CC)c(O)c(CC=C(C)C)c(O)c12. The molecule has 0 saturated carbocycles. The zero-order valence-corrected chi connectivity index (χ0v) is 18.1. The molecule has 0 spiro atoms. The monoisotopic (exact) mass is 400 g/mol. The van der Waals surface area contributed by atoms with E-state index in [1.54, 1.807) is 6.92 Å². The lowest BCUT2D eigenvalue weighted by atomic mass is 9.89. The Hall–Kier alpha value is -2.56. The van der Waals surface area contributed by atoms with Crippen molar-refractivity contribution in [1.82, 2.24) is 0 Å². The molecule has 0 aliphatic carbocycles. The van der Waals surface area contributed by atoms with Gasteiger partial charge in [-0.1, -0.05) is 45.3 Å². The number of unbranched alkanes of at least 4 members (excludes halogenated alkanes) is 2. The Balaban J connectivity index is 2.89. The van der Waals surface area contributed by atoms with Crippen LogP contribution in [0, 0.1) is 5.92 Å². The second-order valence-corrected chi connectivity index (χ2v) is 7.96. The van der Waals surface area contributed by atoms with Gasteiger partial charge in [-0.15, -0.1) is 0 Å². The van der Waals surface area contributed by atoms with Gasteiger partial charge in [-0.25, -0.2) is 4.79 Å². The van der Waals surface area contributed by atoms with Gasteiger partial charge in [0.05, 0.1) is 5.39 Å². The maximum Gasteiger partial charge on any atom is 0.336 e. The van der Waals surface area contributed by atoms with Crippen LogP contribution in [0.25, 0.3) is 11.0 Å². The summed E-state index contributed by atoms with van der Waals surface area (Å²) in [5.74, 6) is -1.06. The number of allylic oxidation sites excluding steroid dienone is 2. The number of phenols is 2. The summed E-state index contributed by atoms with van der Waals surface area (Å²) in [5, 5.41) is 22.3. The smallest absolute Gasteiger partial charge is 0.336 e. The third-order valence-electron chi connectivity index (χ3n) is 5.39. The molecule has 0 saturated heterocycles. The van der Waals surface area contributed by atoms with Crippen LogP contribution in [0.2, 0.25) is 0 Å². The number of carbonyl (C=O) groups excluding carboxylic acids is 1. The van der Waals surface area contributed by atoms with Crippen molar-refractivity contribution < 1.29 is 19.4 Å². The number of benzene rings is 1. The lowest BCUT2D eigenvalue weighted by molar-refractivity contribution is 0.0925. The molecule has 29 heavy (non-hydrogen) atoms. The minimum atomic E-state index is -0.585. The first-order chi connectivity index (χ1) is 13.7. The van der Waals surface area contributed by atoms with Crippen LogP contribution < -0.4 is 5.63 Å². The second kappa shape index (κ2) is 9.77. The van der Waals surface area contributed by atoms with E-state index < -0.39 is 5.63 Å². The summed E-state index contributed by atoms with van der Waals surface area (Å²) in [4.78, 5) is 25.3. The number of rotatable bonds is 9. The van der Waals surface area contributed by atoms with Crippen molar-refractivity contribution in [3.05, 3.63) is 44.8 Å². The number of hydrogen-bond donors (Lipinski definition) is 2. The van der Waals surface area contributed by atoms with Gasteiger partial charge in [0, 0.05) is 17.5 Å². The van der Waals surface area contributed by atoms with Crippen LogP contribution in [0.1, 0.15) is 81.8 Å². The normalized spacial score (nSPS) is 12.2. The Morgan fingerprint density at radius 3 is 2.45 bits per heavy atom. The average molecular weight is 401 g/mol. The van der Waals surface area contributed by atoms with Gasteiger partial charge in [-0.3, -0.25) is 4.79 Å². The minimum Gasteiger partial charge on any atom is -0.507 e. The number of aromatic hydroxyl groups is 2. The van der Waals surface area contributed by atoms with E-state index >= 15 is 0 Å². The van der Waals surface area contributed by atoms with Crippen molar-refractivity contribution in [2.75, 3.05) is 0 Å². The van der Waals surface area contributed by atoms with Crippen molar-refractivity contribution in [3.8, 4) is 11.5 Å². The van der Waals surface area contributed by atoms with Gasteiger partial charge >= 0.3 is 5.63 Å². The standard InChI is InChI=1S/C24H32O5/c1-6-8-9-10-16-13-18(25)29-24-19(16)22(27)17(12-11-14(3)4)23(28)20(24)21(26)15(5)7-2/h11,13,15,27-28H,6-10,12H2,1-5H3/t15-/m0/s1. The number of ketones is 1. The van der Waals surface area contributed by atoms with Gasteiger partial charge in [0.2, 0.25) is 0 Å². The average Bonchev–Trinajstić information content (AvgIpc) is 2.66. The molecule has 158 valence electrons. The van der Waals surface area contributed by atoms with Crippen molar-refractivity contribution in [1.29, 1.82) is 0 Å². The fourth-order valence-electron chi connectivity index (χ4n) is 3.42. The number of carbonyl (C=O) groups is 1. The quantitative estimate of drug-likeness (QED) is 0.245. The molecule has 0 radical (unpaired) electrons. The maximum absolute atomic E-state index is 13.1. The van der Waals surface area contributed by atoms with E-state index in [1.165, 1.54) is 6.07 Å². The van der Waals surface area contributed by atoms with E-state index in [2.05, 4.69) is 6.92 Å². The number of phenolic OH excluding ortho intramolecular Hbond substituents is 2. The molecule has 5 heteroatoms. The van der Waals surface area contributed by atoms with Crippen molar-refractivity contribution in [3.63, 3.8) is 0 Å². The molecule has 0 amide bonds. The van der Waals surface area contributed by atoms with Gasteiger partial charge in [-0.2, -0.15) is 0 Å². The summed E-state index contributed by atoms with van der Waals surface area (Å²) >= 11 is 0. The molecule has 0 fully saturated rings. The van der Waals surface area contributed by atoms with E-state index in [1.807, 2.05) is 26.8 Å². The molecule has 0 aliphatic heterocycles. The largest absolute Gasteiger partial charge is 0.507 e.